The van der Waals surface area contributed by atoms with Crippen molar-refractivity contribution < 1.29 is 19.4 Å². The third kappa shape index (κ3) is 6.89. The minimum absolute atomic E-state index is 0.544. The second kappa shape index (κ2) is 11.2. The van der Waals surface area contributed by atoms with Crippen molar-refractivity contribution in [1.29, 1.82) is 0 Å². The molecule has 0 radical (unpaired) electrons. The lowest BCUT2D eigenvalue weighted by Crippen LogP contribution is -1.97. The minimum Gasteiger partial charge on any atom is -0.493 e. The van der Waals surface area contributed by atoms with Gasteiger partial charge in [-0.1, -0.05) is 48.0 Å². The number of carboxylic acid groups (broad SMARTS) is 1. The fourth-order valence-corrected chi connectivity index (χ4v) is 2.81. The predicted octanol–water partition coefficient (Wildman–Crippen LogP) is 5.85. The highest BCUT2D eigenvalue weighted by atomic mass is 35.5. The molecule has 0 unspecified atom stereocenters. The van der Waals surface area contributed by atoms with Crippen LogP contribution in [0.4, 0.5) is 0 Å². The molecular formula is C23H21ClO4S. The average Bonchev–Trinajstić information content (AvgIpc) is 2.73. The zero-order chi connectivity index (χ0) is 21.2. The van der Waals surface area contributed by atoms with Gasteiger partial charge in [-0.2, -0.15) is 0 Å². The fraction of sp³-hybridized carbons (Fsp3) is 0.0870. The Kier molecular flexibility index (Phi) is 8.65. The number of carbonyl (C=O) groups is 1. The monoisotopic (exact) mass is 428 g/mol. The van der Waals surface area contributed by atoms with Crippen LogP contribution in [0.1, 0.15) is 11.1 Å². The van der Waals surface area contributed by atoms with Gasteiger partial charge in [0.05, 0.1) is 14.2 Å². The topological polar surface area (TPSA) is 55.8 Å². The molecule has 0 aliphatic heterocycles. The number of hydrogen-bond donors (Lipinski definition) is 2. The average molecular weight is 429 g/mol. The van der Waals surface area contributed by atoms with Crippen molar-refractivity contribution in [2.75, 3.05) is 14.2 Å². The second-order valence-corrected chi connectivity index (χ2v) is 6.76. The second-order valence-electron chi connectivity index (χ2n) is 5.81. The van der Waals surface area contributed by atoms with Crippen molar-refractivity contribution in [2.45, 2.75) is 4.90 Å². The third-order valence-corrected chi connectivity index (χ3v) is 4.42. The summed E-state index contributed by atoms with van der Waals surface area (Å²) in [6.45, 7) is 0. The molecule has 0 saturated carbocycles. The van der Waals surface area contributed by atoms with Gasteiger partial charge in [0.2, 0.25) is 0 Å². The normalized spacial score (nSPS) is 10.6. The summed E-state index contributed by atoms with van der Waals surface area (Å²) in [5.41, 5.74) is 2.10. The lowest BCUT2D eigenvalue weighted by atomic mass is 9.97. The molecule has 3 aromatic rings. The first-order valence-electron chi connectivity index (χ1n) is 8.61. The van der Waals surface area contributed by atoms with Gasteiger partial charge in [-0.15, -0.1) is 12.6 Å². The van der Waals surface area contributed by atoms with E-state index in [1.54, 1.807) is 25.3 Å². The third-order valence-electron chi connectivity index (χ3n) is 3.87. The smallest absolute Gasteiger partial charge is 0.328 e. The van der Waals surface area contributed by atoms with Crippen LogP contribution in [0.3, 0.4) is 0 Å². The summed E-state index contributed by atoms with van der Waals surface area (Å²) in [4.78, 5) is 12.0. The zero-order valence-electron chi connectivity index (χ0n) is 16.0. The SMILES string of the molecule is COc1ccc(C(=CC(=O)O)c2ccc(S)cc2)cc1OC.Clc1ccccc1. The van der Waals surface area contributed by atoms with Crippen LogP contribution in [0.25, 0.3) is 5.57 Å². The summed E-state index contributed by atoms with van der Waals surface area (Å²) < 4.78 is 10.5. The Morgan fingerprint density at radius 2 is 1.48 bits per heavy atom. The maximum Gasteiger partial charge on any atom is 0.328 e. The Labute approximate surface area is 180 Å². The van der Waals surface area contributed by atoms with Gasteiger partial charge >= 0.3 is 5.97 Å². The molecule has 0 amide bonds. The number of hydrogen-bond acceptors (Lipinski definition) is 4. The molecule has 0 aromatic heterocycles. The van der Waals surface area contributed by atoms with E-state index in [4.69, 9.17) is 26.2 Å². The van der Waals surface area contributed by atoms with E-state index in [0.29, 0.717) is 17.1 Å². The first kappa shape index (κ1) is 22.4. The highest BCUT2D eigenvalue weighted by Crippen LogP contribution is 2.33. The zero-order valence-corrected chi connectivity index (χ0v) is 17.7. The molecule has 0 fully saturated rings. The molecule has 3 aromatic carbocycles. The van der Waals surface area contributed by atoms with Crippen LogP contribution in [0.5, 0.6) is 11.5 Å². The summed E-state index contributed by atoms with van der Waals surface area (Å²) >= 11 is 9.78. The highest BCUT2D eigenvalue weighted by Gasteiger charge is 2.11. The van der Waals surface area contributed by atoms with Gasteiger partial charge in [0, 0.05) is 16.0 Å². The van der Waals surface area contributed by atoms with Crippen LogP contribution in [0, 0.1) is 0 Å². The number of benzene rings is 3. The van der Waals surface area contributed by atoms with Gasteiger partial charge in [0.1, 0.15) is 0 Å². The van der Waals surface area contributed by atoms with Crippen LogP contribution < -0.4 is 9.47 Å². The van der Waals surface area contributed by atoms with Gasteiger partial charge < -0.3 is 14.6 Å². The summed E-state index contributed by atoms with van der Waals surface area (Å²) in [5, 5.41) is 9.93. The van der Waals surface area contributed by atoms with E-state index in [0.717, 1.165) is 21.0 Å². The van der Waals surface area contributed by atoms with Crippen molar-refractivity contribution in [3.8, 4) is 11.5 Å². The molecule has 1 N–H and O–H groups in total. The van der Waals surface area contributed by atoms with Crippen molar-refractivity contribution in [3.05, 3.63) is 95.0 Å². The summed E-state index contributed by atoms with van der Waals surface area (Å²) in [6, 6.07) is 22.0. The van der Waals surface area contributed by atoms with Crippen LogP contribution in [0.15, 0.2) is 83.8 Å². The van der Waals surface area contributed by atoms with Gasteiger partial charge in [-0.25, -0.2) is 4.79 Å². The standard InChI is InChI=1S/C17H16O4S.C6H5Cl/c1-20-15-8-5-12(9-16(15)21-2)14(10-17(18)19)11-3-6-13(22)7-4-11;7-6-4-2-1-3-5-6/h3-10,22H,1-2H3,(H,18,19);1-5H. The van der Waals surface area contributed by atoms with E-state index in [1.165, 1.54) is 13.2 Å². The number of methoxy groups -OCH3 is 2. The summed E-state index contributed by atoms with van der Waals surface area (Å²) in [6.07, 6.45) is 1.18. The van der Waals surface area contributed by atoms with E-state index in [1.807, 2.05) is 54.6 Å². The maximum atomic E-state index is 11.2. The number of thiol groups is 1. The maximum absolute atomic E-state index is 11.2. The predicted molar refractivity (Wildman–Crippen MR) is 119 cm³/mol. The van der Waals surface area contributed by atoms with E-state index >= 15 is 0 Å². The quantitative estimate of drug-likeness (QED) is 0.395. The van der Waals surface area contributed by atoms with Gasteiger partial charge in [-0.3, -0.25) is 0 Å². The molecular weight excluding hydrogens is 408 g/mol. The number of carboxylic acids is 1. The minimum atomic E-state index is -1.01. The van der Waals surface area contributed by atoms with Crippen molar-refractivity contribution in [1.82, 2.24) is 0 Å². The Hall–Kier alpha value is -2.89. The Balaban J connectivity index is 0.000000360. The molecule has 4 nitrogen and oxygen atoms in total. The number of ether oxygens (including phenoxy) is 2. The van der Waals surface area contributed by atoms with Crippen molar-refractivity contribution >= 4 is 35.8 Å². The first-order valence-corrected chi connectivity index (χ1v) is 9.44. The molecule has 0 aliphatic carbocycles. The lowest BCUT2D eigenvalue weighted by Gasteiger charge is -2.12. The van der Waals surface area contributed by atoms with Gasteiger partial charge in [-0.05, 0) is 53.1 Å². The largest absolute Gasteiger partial charge is 0.493 e. The van der Waals surface area contributed by atoms with E-state index in [-0.39, 0.29) is 0 Å². The number of aliphatic carboxylic acids is 1. The molecule has 3 rings (SSSR count). The van der Waals surface area contributed by atoms with Crippen LogP contribution in [-0.2, 0) is 4.79 Å². The molecule has 0 aliphatic rings. The molecule has 150 valence electrons. The van der Waals surface area contributed by atoms with Crippen molar-refractivity contribution in [2.24, 2.45) is 0 Å². The Bertz CT molecular complexity index is 970. The van der Waals surface area contributed by atoms with Crippen molar-refractivity contribution in [3.63, 3.8) is 0 Å². The lowest BCUT2D eigenvalue weighted by molar-refractivity contribution is -0.131. The van der Waals surface area contributed by atoms with Gasteiger partial charge in [0.15, 0.2) is 11.5 Å². The van der Waals surface area contributed by atoms with Crippen LogP contribution in [-0.4, -0.2) is 25.3 Å². The van der Waals surface area contributed by atoms with E-state index < -0.39 is 5.97 Å². The summed E-state index contributed by atoms with van der Waals surface area (Å²) in [5.74, 6) is 0.119. The van der Waals surface area contributed by atoms with Gasteiger partial charge in [0.25, 0.3) is 0 Å². The number of halogens is 1. The Morgan fingerprint density at radius 3 is 1.97 bits per heavy atom. The van der Waals surface area contributed by atoms with Crippen LogP contribution >= 0.6 is 24.2 Å². The molecule has 0 bridgehead atoms. The van der Waals surface area contributed by atoms with E-state index in [9.17, 15) is 4.79 Å². The Morgan fingerprint density at radius 1 is 0.897 bits per heavy atom. The molecule has 0 saturated heterocycles. The highest BCUT2D eigenvalue weighted by molar-refractivity contribution is 7.80. The molecule has 0 atom stereocenters. The fourth-order valence-electron chi connectivity index (χ4n) is 2.52. The van der Waals surface area contributed by atoms with Crippen LogP contribution in [0.2, 0.25) is 5.02 Å². The molecule has 0 spiro atoms. The molecule has 29 heavy (non-hydrogen) atoms. The first-order chi connectivity index (χ1) is 13.9. The van der Waals surface area contributed by atoms with E-state index in [2.05, 4.69) is 12.6 Å². The summed E-state index contributed by atoms with van der Waals surface area (Å²) in [7, 11) is 3.09. The molecule has 6 heteroatoms. The molecule has 0 heterocycles. The number of rotatable bonds is 5.